The van der Waals surface area contributed by atoms with E-state index in [1.165, 1.54) is 24.3 Å². The lowest BCUT2D eigenvalue weighted by atomic mass is 9.72. The molecule has 0 saturated heterocycles. The van der Waals surface area contributed by atoms with Gasteiger partial charge in [0.05, 0.1) is 25.8 Å². The second-order valence-electron chi connectivity index (χ2n) is 8.75. The molecule has 2 aromatic carbocycles. The average Bonchev–Trinajstić information content (AvgIpc) is 2.73. The van der Waals surface area contributed by atoms with Gasteiger partial charge in [0, 0.05) is 11.8 Å². The molecule has 170 valence electrons. The van der Waals surface area contributed by atoms with Gasteiger partial charge in [-0.1, -0.05) is 17.7 Å². The Bertz CT molecular complexity index is 1080. The lowest BCUT2D eigenvalue weighted by Gasteiger charge is -2.34. The summed E-state index contributed by atoms with van der Waals surface area (Å²) in [5.74, 6) is -0.986. The van der Waals surface area contributed by atoms with Crippen LogP contribution >= 0.6 is 23.4 Å². The minimum atomic E-state index is -0.985. The molecule has 0 aliphatic heterocycles. The van der Waals surface area contributed by atoms with Crippen LogP contribution in [0.2, 0.25) is 5.02 Å². The van der Waals surface area contributed by atoms with Crippen LogP contribution in [0.4, 0.5) is 10.1 Å². The van der Waals surface area contributed by atoms with Gasteiger partial charge in [-0.05, 0) is 69.4 Å². The van der Waals surface area contributed by atoms with Crippen molar-refractivity contribution in [3.05, 3.63) is 68.0 Å². The molecule has 9 heteroatoms. The van der Waals surface area contributed by atoms with Crippen molar-refractivity contribution in [3.63, 3.8) is 0 Å². The fourth-order valence-electron chi connectivity index (χ4n) is 3.78. The number of hydrogen-bond acceptors (Lipinski definition) is 6. The number of esters is 1. The zero-order valence-corrected chi connectivity index (χ0v) is 19.5. The van der Waals surface area contributed by atoms with Gasteiger partial charge in [-0.3, -0.25) is 10.1 Å². The van der Waals surface area contributed by atoms with E-state index in [-0.39, 0.29) is 22.0 Å². The largest absolute Gasteiger partial charge is 0.456 e. The maximum Gasteiger partial charge on any atom is 0.338 e. The molecule has 0 heterocycles. The second-order valence-corrected chi connectivity index (χ2v) is 10.2. The van der Waals surface area contributed by atoms with Crippen molar-refractivity contribution in [2.45, 2.75) is 55.9 Å². The third-order valence-electron chi connectivity index (χ3n) is 5.28. The van der Waals surface area contributed by atoms with Crippen LogP contribution in [-0.4, -0.2) is 28.5 Å². The van der Waals surface area contributed by atoms with Gasteiger partial charge in [0.15, 0.2) is 0 Å². The number of carbonyl (C=O) groups excluding carboxylic acids is 2. The Labute approximate surface area is 194 Å². The summed E-state index contributed by atoms with van der Waals surface area (Å²) in [6, 6.07) is 7.22. The van der Waals surface area contributed by atoms with Crippen LogP contribution in [0.5, 0.6) is 0 Å². The van der Waals surface area contributed by atoms with Crippen LogP contribution in [0, 0.1) is 15.9 Å². The van der Waals surface area contributed by atoms with Gasteiger partial charge < -0.3 is 9.53 Å². The van der Waals surface area contributed by atoms with Crippen molar-refractivity contribution < 1.29 is 23.6 Å². The maximum absolute atomic E-state index is 14.5. The summed E-state index contributed by atoms with van der Waals surface area (Å²) in [5.41, 5.74) is -0.908. The van der Waals surface area contributed by atoms with Crippen molar-refractivity contribution >= 4 is 41.3 Å². The molecule has 0 radical (unpaired) electrons. The van der Waals surface area contributed by atoms with E-state index in [0.29, 0.717) is 35.3 Å². The predicted octanol–water partition coefficient (Wildman–Crippen LogP) is 5.91. The molecule has 2 aromatic rings. The Kier molecular flexibility index (Phi) is 6.95. The van der Waals surface area contributed by atoms with E-state index in [2.05, 4.69) is 0 Å². The number of fused-ring (bicyclic) bond motifs is 1. The lowest BCUT2D eigenvalue weighted by Crippen LogP contribution is -2.35. The van der Waals surface area contributed by atoms with Crippen molar-refractivity contribution in [2.75, 3.05) is 5.75 Å². The molecule has 1 unspecified atom stereocenters. The van der Waals surface area contributed by atoms with Crippen molar-refractivity contribution in [3.8, 4) is 0 Å². The molecular formula is C23H23ClFNO5S. The summed E-state index contributed by atoms with van der Waals surface area (Å²) in [6.07, 6.45) is 2.38. The first-order chi connectivity index (χ1) is 15.0. The van der Waals surface area contributed by atoms with Gasteiger partial charge in [0.1, 0.15) is 17.7 Å². The van der Waals surface area contributed by atoms with Crippen LogP contribution in [0.15, 0.2) is 35.2 Å². The van der Waals surface area contributed by atoms with E-state index < -0.39 is 27.7 Å². The van der Waals surface area contributed by atoms with Crippen LogP contribution in [0.1, 0.15) is 55.1 Å². The van der Waals surface area contributed by atoms with Crippen molar-refractivity contribution in [2.24, 2.45) is 0 Å². The molecule has 1 aliphatic carbocycles. The molecule has 6 nitrogen and oxygen atoms in total. The Balaban J connectivity index is 1.91. The van der Waals surface area contributed by atoms with Gasteiger partial charge in [0.25, 0.3) is 5.69 Å². The molecule has 0 amide bonds. The third kappa shape index (κ3) is 4.96. The smallest absolute Gasteiger partial charge is 0.338 e. The topological polar surface area (TPSA) is 86.5 Å². The number of carbonyl (C=O) groups is 2. The molecule has 32 heavy (non-hydrogen) atoms. The number of ether oxygens (including phenoxy) is 1. The third-order valence-corrected chi connectivity index (χ3v) is 6.89. The molecule has 1 aliphatic rings. The first-order valence-corrected chi connectivity index (χ1v) is 11.4. The summed E-state index contributed by atoms with van der Waals surface area (Å²) in [4.78, 5) is 35.9. The number of benzene rings is 2. The quantitative estimate of drug-likeness (QED) is 0.168. The molecule has 1 atom stereocenters. The summed E-state index contributed by atoms with van der Waals surface area (Å²) >= 11 is 7.04. The van der Waals surface area contributed by atoms with E-state index >= 15 is 0 Å². The number of rotatable bonds is 6. The van der Waals surface area contributed by atoms with E-state index in [0.717, 1.165) is 18.0 Å². The Morgan fingerprint density at radius 2 is 2.06 bits per heavy atom. The highest BCUT2D eigenvalue weighted by atomic mass is 35.5. The summed E-state index contributed by atoms with van der Waals surface area (Å²) < 4.78 is 19.8. The Morgan fingerprint density at radius 1 is 1.34 bits per heavy atom. The minimum absolute atomic E-state index is 0.00599. The molecule has 0 bridgehead atoms. The summed E-state index contributed by atoms with van der Waals surface area (Å²) in [5, 5.41) is 11.7. The van der Waals surface area contributed by atoms with Crippen LogP contribution in [0.3, 0.4) is 0 Å². The van der Waals surface area contributed by atoms with E-state index in [9.17, 15) is 24.1 Å². The van der Waals surface area contributed by atoms with E-state index in [1.807, 2.05) is 0 Å². The molecule has 0 saturated carbocycles. The SMILES string of the molecule is CC(C)(C)OC(=O)c1ccc(SCC2(C=O)CCCc3c2ccc(Cl)c3F)c([N+](=O)[O-])c1. The highest BCUT2D eigenvalue weighted by molar-refractivity contribution is 7.99. The van der Waals surface area contributed by atoms with Gasteiger partial charge in [-0.15, -0.1) is 11.8 Å². The molecule has 0 spiro atoms. The fourth-order valence-corrected chi connectivity index (χ4v) is 5.18. The Morgan fingerprint density at radius 3 is 2.69 bits per heavy atom. The van der Waals surface area contributed by atoms with E-state index in [1.54, 1.807) is 26.8 Å². The van der Waals surface area contributed by atoms with Crippen LogP contribution in [0.25, 0.3) is 0 Å². The van der Waals surface area contributed by atoms with Gasteiger partial charge >= 0.3 is 5.97 Å². The number of nitro benzene ring substituents is 1. The standard InChI is InChI=1S/C23H23ClFNO5S/c1-22(2,3)31-21(28)14-6-9-19(18(11-14)26(29)30)32-13-23(12-27)10-4-5-15-16(23)7-8-17(24)20(15)25/h6-9,11-12H,4-5,10,13H2,1-3H3. The molecule has 0 aromatic heterocycles. The molecular weight excluding hydrogens is 457 g/mol. The van der Waals surface area contributed by atoms with Crippen molar-refractivity contribution in [1.29, 1.82) is 0 Å². The minimum Gasteiger partial charge on any atom is -0.456 e. The number of aldehydes is 1. The summed E-state index contributed by atoms with van der Waals surface area (Å²) in [7, 11) is 0. The summed E-state index contributed by atoms with van der Waals surface area (Å²) in [6.45, 7) is 5.13. The first-order valence-electron chi connectivity index (χ1n) is 10.1. The number of thioether (sulfide) groups is 1. The van der Waals surface area contributed by atoms with Crippen LogP contribution < -0.4 is 0 Å². The Hall–Kier alpha value is -2.45. The highest BCUT2D eigenvalue weighted by Crippen LogP contribution is 2.43. The zero-order valence-electron chi connectivity index (χ0n) is 17.9. The second kappa shape index (κ2) is 9.19. The monoisotopic (exact) mass is 479 g/mol. The fraction of sp³-hybridized carbons (Fsp3) is 0.391. The maximum atomic E-state index is 14.5. The number of nitro groups is 1. The predicted molar refractivity (Wildman–Crippen MR) is 121 cm³/mol. The number of hydrogen-bond donors (Lipinski definition) is 0. The number of halogens is 2. The molecule has 3 rings (SSSR count). The van der Waals surface area contributed by atoms with E-state index in [4.69, 9.17) is 16.3 Å². The first kappa shape index (κ1) is 24.2. The lowest BCUT2D eigenvalue weighted by molar-refractivity contribution is -0.387. The van der Waals surface area contributed by atoms with Gasteiger partial charge in [0.2, 0.25) is 0 Å². The average molecular weight is 480 g/mol. The normalized spacial score (nSPS) is 18.0. The number of nitrogens with zero attached hydrogens (tertiary/aromatic N) is 1. The van der Waals surface area contributed by atoms with Gasteiger partial charge in [-0.25, -0.2) is 9.18 Å². The van der Waals surface area contributed by atoms with Gasteiger partial charge in [-0.2, -0.15) is 0 Å². The zero-order chi connectivity index (χ0) is 23.7. The molecule has 0 fully saturated rings. The molecule has 0 N–H and O–H groups in total. The van der Waals surface area contributed by atoms with Crippen molar-refractivity contribution in [1.82, 2.24) is 0 Å². The van der Waals surface area contributed by atoms with Crippen LogP contribution in [-0.2, 0) is 21.4 Å². The highest BCUT2D eigenvalue weighted by Gasteiger charge is 2.38.